The molecule has 1 aliphatic heterocycles. The van der Waals surface area contributed by atoms with Crippen LogP contribution in [0.2, 0.25) is 0 Å². The molecule has 1 aliphatic rings. The van der Waals surface area contributed by atoms with Gasteiger partial charge in [-0.15, -0.1) is 0 Å². The Morgan fingerprint density at radius 3 is 3.00 bits per heavy atom. The molecule has 1 saturated heterocycles. The van der Waals surface area contributed by atoms with E-state index >= 15 is 0 Å². The molecular weight excluding hydrogens is 198 g/mol. The number of hydrogen-bond acceptors (Lipinski definition) is 2. The van der Waals surface area contributed by atoms with E-state index in [1.807, 2.05) is 0 Å². The van der Waals surface area contributed by atoms with Crippen molar-refractivity contribution >= 4 is 5.52 Å². The predicted octanol–water partition coefficient (Wildman–Crippen LogP) is 2.03. The SMILES string of the molecule is Cc1ccc2c(C3CCNC3)nc(C)n2c1. The number of hydrogen-bond donors (Lipinski definition) is 1. The second-order valence-corrected chi connectivity index (χ2v) is 4.70. The Hall–Kier alpha value is -1.35. The van der Waals surface area contributed by atoms with Gasteiger partial charge < -0.3 is 9.72 Å². The maximum Gasteiger partial charge on any atom is 0.110 e. The Morgan fingerprint density at radius 1 is 1.38 bits per heavy atom. The third-order valence-electron chi connectivity index (χ3n) is 3.44. The van der Waals surface area contributed by atoms with Crippen LogP contribution in [0.25, 0.3) is 5.52 Å². The van der Waals surface area contributed by atoms with Crippen LogP contribution in [0.3, 0.4) is 0 Å². The molecule has 2 aromatic heterocycles. The standard InChI is InChI=1S/C13H17N3/c1-9-3-4-12-13(11-5-6-14-7-11)15-10(2)16(12)8-9/h3-4,8,11,14H,5-7H2,1-2H3. The third kappa shape index (κ3) is 1.43. The zero-order valence-electron chi connectivity index (χ0n) is 9.83. The molecule has 84 valence electrons. The molecule has 1 atom stereocenters. The van der Waals surface area contributed by atoms with Crippen molar-refractivity contribution in [2.24, 2.45) is 0 Å². The van der Waals surface area contributed by atoms with Crippen LogP contribution in [0.4, 0.5) is 0 Å². The fourth-order valence-electron chi connectivity index (χ4n) is 2.56. The average molecular weight is 215 g/mol. The molecule has 3 rings (SSSR count). The maximum absolute atomic E-state index is 4.74. The third-order valence-corrected chi connectivity index (χ3v) is 3.44. The van der Waals surface area contributed by atoms with Gasteiger partial charge in [-0.25, -0.2) is 4.98 Å². The number of imidazole rings is 1. The van der Waals surface area contributed by atoms with Crippen molar-refractivity contribution in [3.8, 4) is 0 Å². The van der Waals surface area contributed by atoms with Gasteiger partial charge in [0.15, 0.2) is 0 Å². The molecule has 0 spiro atoms. The lowest BCUT2D eigenvalue weighted by Crippen LogP contribution is -2.08. The van der Waals surface area contributed by atoms with Gasteiger partial charge in [0, 0.05) is 18.7 Å². The molecule has 3 nitrogen and oxygen atoms in total. The van der Waals surface area contributed by atoms with E-state index in [0.717, 1.165) is 18.9 Å². The molecular formula is C13H17N3. The molecule has 0 aromatic carbocycles. The Kier molecular flexibility index (Phi) is 2.21. The summed E-state index contributed by atoms with van der Waals surface area (Å²) in [5.41, 5.74) is 3.82. The van der Waals surface area contributed by atoms with Crippen LogP contribution >= 0.6 is 0 Å². The van der Waals surface area contributed by atoms with E-state index < -0.39 is 0 Å². The van der Waals surface area contributed by atoms with Crippen LogP contribution in [-0.4, -0.2) is 22.5 Å². The van der Waals surface area contributed by atoms with Crippen molar-refractivity contribution in [1.82, 2.24) is 14.7 Å². The highest BCUT2D eigenvalue weighted by molar-refractivity contribution is 5.55. The van der Waals surface area contributed by atoms with Crippen LogP contribution in [0.1, 0.15) is 29.4 Å². The van der Waals surface area contributed by atoms with Crippen molar-refractivity contribution < 1.29 is 0 Å². The predicted molar refractivity (Wildman–Crippen MR) is 64.9 cm³/mol. The summed E-state index contributed by atoms with van der Waals surface area (Å²) in [6.07, 6.45) is 3.38. The lowest BCUT2D eigenvalue weighted by molar-refractivity contribution is 0.744. The Morgan fingerprint density at radius 2 is 2.25 bits per heavy atom. The van der Waals surface area contributed by atoms with Crippen molar-refractivity contribution in [1.29, 1.82) is 0 Å². The molecule has 2 aromatic rings. The van der Waals surface area contributed by atoms with Gasteiger partial charge in [-0.1, -0.05) is 6.07 Å². The largest absolute Gasteiger partial charge is 0.316 e. The minimum absolute atomic E-state index is 0.589. The van der Waals surface area contributed by atoms with Gasteiger partial charge in [-0.3, -0.25) is 0 Å². The van der Waals surface area contributed by atoms with E-state index in [2.05, 4.69) is 41.9 Å². The highest BCUT2D eigenvalue weighted by atomic mass is 15.0. The van der Waals surface area contributed by atoms with Crippen LogP contribution in [0.15, 0.2) is 18.3 Å². The highest BCUT2D eigenvalue weighted by Gasteiger charge is 2.21. The normalized spacial score (nSPS) is 20.8. The lowest BCUT2D eigenvalue weighted by atomic mass is 10.0. The second-order valence-electron chi connectivity index (χ2n) is 4.70. The summed E-state index contributed by atoms with van der Waals surface area (Å²) in [4.78, 5) is 4.74. The summed E-state index contributed by atoms with van der Waals surface area (Å²) in [6.45, 7) is 6.39. The van der Waals surface area contributed by atoms with E-state index in [1.54, 1.807) is 0 Å². The molecule has 0 amide bonds. The summed E-state index contributed by atoms with van der Waals surface area (Å²) < 4.78 is 2.21. The minimum Gasteiger partial charge on any atom is -0.316 e. The smallest absolute Gasteiger partial charge is 0.110 e. The Labute approximate surface area is 95.5 Å². The minimum atomic E-state index is 0.589. The fraction of sp³-hybridized carbons (Fsp3) is 0.462. The highest BCUT2D eigenvalue weighted by Crippen LogP contribution is 2.26. The van der Waals surface area contributed by atoms with Gasteiger partial charge >= 0.3 is 0 Å². The number of nitrogens with one attached hydrogen (secondary N) is 1. The number of pyridine rings is 1. The zero-order chi connectivity index (χ0) is 11.1. The molecule has 1 N–H and O–H groups in total. The average Bonchev–Trinajstić information content (AvgIpc) is 2.87. The maximum atomic E-state index is 4.74. The molecule has 0 saturated carbocycles. The quantitative estimate of drug-likeness (QED) is 0.788. The molecule has 3 heterocycles. The summed E-state index contributed by atoms with van der Waals surface area (Å²) in [6, 6.07) is 4.37. The van der Waals surface area contributed by atoms with E-state index in [9.17, 15) is 0 Å². The number of rotatable bonds is 1. The van der Waals surface area contributed by atoms with Crippen molar-refractivity contribution in [2.45, 2.75) is 26.2 Å². The van der Waals surface area contributed by atoms with E-state index in [4.69, 9.17) is 4.98 Å². The summed E-state index contributed by atoms with van der Waals surface area (Å²) in [5, 5.41) is 3.41. The van der Waals surface area contributed by atoms with E-state index in [1.165, 1.54) is 23.2 Å². The van der Waals surface area contributed by atoms with E-state index in [-0.39, 0.29) is 0 Å². The number of aryl methyl sites for hydroxylation is 2. The summed E-state index contributed by atoms with van der Waals surface area (Å²) >= 11 is 0. The number of aromatic nitrogens is 2. The topological polar surface area (TPSA) is 29.3 Å². The molecule has 0 aliphatic carbocycles. The van der Waals surface area contributed by atoms with Gasteiger partial charge in [-0.2, -0.15) is 0 Å². The summed E-state index contributed by atoms with van der Waals surface area (Å²) in [5.74, 6) is 1.69. The number of fused-ring (bicyclic) bond motifs is 1. The molecule has 0 bridgehead atoms. The molecule has 1 fully saturated rings. The summed E-state index contributed by atoms with van der Waals surface area (Å²) in [7, 11) is 0. The first-order valence-corrected chi connectivity index (χ1v) is 5.91. The van der Waals surface area contributed by atoms with Gasteiger partial charge in [0.2, 0.25) is 0 Å². The van der Waals surface area contributed by atoms with Gasteiger partial charge in [0.05, 0.1) is 11.2 Å². The van der Waals surface area contributed by atoms with Gasteiger partial charge in [0.25, 0.3) is 0 Å². The van der Waals surface area contributed by atoms with Crippen LogP contribution < -0.4 is 5.32 Å². The van der Waals surface area contributed by atoms with Crippen LogP contribution in [0, 0.1) is 13.8 Å². The first-order chi connectivity index (χ1) is 7.75. The van der Waals surface area contributed by atoms with Crippen LogP contribution in [-0.2, 0) is 0 Å². The lowest BCUT2D eigenvalue weighted by Gasteiger charge is -2.05. The molecule has 0 radical (unpaired) electrons. The number of nitrogens with zero attached hydrogens (tertiary/aromatic N) is 2. The van der Waals surface area contributed by atoms with Crippen molar-refractivity contribution in [2.75, 3.05) is 13.1 Å². The zero-order valence-corrected chi connectivity index (χ0v) is 9.83. The Bertz CT molecular complexity index is 521. The van der Waals surface area contributed by atoms with E-state index in [0.29, 0.717) is 5.92 Å². The molecule has 16 heavy (non-hydrogen) atoms. The van der Waals surface area contributed by atoms with Gasteiger partial charge in [-0.05, 0) is 38.4 Å². The van der Waals surface area contributed by atoms with Crippen molar-refractivity contribution in [3.63, 3.8) is 0 Å². The molecule has 3 heteroatoms. The first kappa shape index (κ1) is 9.85. The first-order valence-electron chi connectivity index (χ1n) is 5.91. The fourth-order valence-corrected chi connectivity index (χ4v) is 2.56. The Balaban J connectivity index is 2.18. The monoisotopic (exact) mass is 215 g/mol. The second kappa shape index (κ2) is 3.59. The molecule has 1 unspecified atom stereocenters. The van der Waals surface area contributed by atoms with Crippen molar-refractivity contribution in [3.05, 3.63) is 35.4 Å². The van der Waals surface area contributed by atoms with Crippen LogP contribution in [0.5, 0.6) is 0 Å². The van der Waals surface area contributed by atoms with Gasteiger partial charge in [0.1, 0.15) is 5.82 Å².